The highest BCUT2D eigenvalue weighted by Crippen LogP contribution is 2.25. The molecular weight excluding hydrogens is 332 g/mol. The van der Waals surface area contributed by atoms with Crippen LogP contribution >= 0.6 is 0 Å². The van der Waals surface area contributed by atoms with E-state index in [2.05, 4.69) is 60.0 Å². The van der Waals surface area contributed by atoms with Gasteiger partial charge >= 0.3 is 0 Å². The monoisotopic (exact) mass is 356 g/mol. The highest BCUT2D eigenvalue weighted by molar-refractivity contribution is 5.76. The SMILES string of the molecule is CC(Oc1ccccc1)c1nc2ccccc2n1CCCc1ccccc1. The first-order chi connectivity index (χ1) is 13.3. The van der Waals surface area contributed by atoms with Gasteiger partial charge in [0.1, 0.15) is 5.75 Å². The van der Waals surface area contributed by atoms with Gasteiger partial charge in [-0.2, -0.15) is 0 Å². The summed E-state index contributed by atoms with van der Waals surface area (Å²) in [7, 11) is 0. The lowest BCUT2D eigenvalue weighted by atomic mass is 10.1. The molecule has 4 aromatic rings. The molecule has 0 aliphatic carbocycles. The first-order valence-electron chi connectivity index (χ1n) is 9.52. The van der Waals surface area contributed by atoms with Gasteiger partial charge in [0.05, 0.1) is 11.0 Å². The lowest BCUT2D eigenvalue weighted by Crippen LogP contribution is -2.12. The van der Waals surface area contributed by atoms with Crippen LogP contribution in [0.25, 0.3) is 11.0 Å². The molecule has 0 saturated heterocycles. The Morgan fingerprint density at radius 2 is 1.52 bits per heavy atom. The number of benzene rings is 3. The third-order valence-corrected chi connectivity index (χ3v) is 4.79. The summed E-state index contributed by atoms with van der Waals surface area (Å²) in [5.41, 5.74) is 3.57. The van der Waals surface area contributed by atoms with Gasteiger partial charge in [0, 0.05) is 6.54 Å². The van der Waals surface area contributed by atoms with Gasteiger partial charge in [-0.3, -0.25) is 0 Å². The summed E-state index contributed by atoms with van der Waals surface area (Å²) >= 11 is 0. The second-order valence-corrected chi connectivity index (χ2v) is 6.77. The van der Waals surface area contributed by atoms with Crippen LogP contribution in [-0.2, 0) is 13.0 Å². The topological polar surface area (TPSA) is 27.1 Å². The van der Waals surface area contributed by atoms with Crippen molar-refractivity contribution in [2.75, 3.05) is 0 Å². The number of hydrogen-bond donors (Lipinski definition) is 0. The molecule has 1 heterocycles. The normalized spacial score (nSPS) is 12.2. The van der Waals surface area contributed by atoms with E-state index in [4.69, 9.17) is 9.72 Å². The Bertz CT molecular complexity index is 993. The standard InChI is InChI=1S/C24H24N2O/c1-19(27-21-14-6-3-7-15-21)24-25-22-16-8-9-17-23(22)26(24)18-10-13-20-11-4-2-5-12-20/h2-9,11-12,14-17,19H,10,13,18H2,1H3. The van der Waals surface area contributed by atoms with Crippen molar-refractivity contribution in [3.63, 3.8) is 0 Å². The number of imidazole rings is 1. The zero-order valence-corrected chi connectivity index (χ0v) is 15.6. The van der Waals surface area contributed by atoms with Crippen molar-refractivity contribution < 1.29 is 4.74 Å². The minimum Gasteiger partial charge on any atom is -0.483 e. The van der Waals surface area contributed by atoms with E-state index < -0.39 is 0 Å². The van der Waals surface area contributed by atoms with Crippen LogP contribution in [0.5, 0.6) is 5.75 Å². The predicted molar refractivity (Wildman–Crippen MR) is 110 cm³/mol. The van der Waals surface area contributed by atoms with Gasteiger partial charge in [-0.1, -0.05) is 60.7 Å². The highest BCUT2D eigenvalue weighted by atomic mass is 16.5. The van der Waals surface area contributed by atoms with Gasteiger partial charge in [0.25, 0.3) is 0 Å². The van der Waals surface area contributed by atoms with Crippen molar-refractivity contribution >= 4 is 11.0 Å². The molecule has 0 radical (unpaired) electrons. The fourth-order valence-electron chi connectivity index (χ4n) is 3.48. The summed E-state index contributed by atoms with van der Waals surface area (Å²) in [6.45, 7) is 3.00. The maximum absolute atomic E-state index is 6.15. The van der Waals surface area contributed by atoms with Crippen molar-refractivity contribution in [1.29, 1.82) is 0 Å². The molecule has 0 amide bonds. The number of hydrogen-bond acceptors (Lipinski definition) is 2. The van der Waals surface area contributed by atoms with Crippen LogP contribution in [0.2, 0.25) is 0 Å². The van der Waals surface area contributed by atoms with Crippen molar-refractivity contribution in [2.45, 2.75) is 32.4 Å². The Morgan fingerprint density at radius 3 is 2.30 bits per heavy atom. The molecular formula is C24H24N2O. The fraction of sp³-hybridized carbons (Fsp3) is 0.208. The molecule has 0 N–H and O–H groups in total. The summed E-state index contributed by atoms with van der Waals surface area (Å²) in [4.78, 5) is 4.87. The highest BCUT2D eigenvalue weighted by Gasteiger charge is 2.17. The molecule has 136 valence electrons. The predicted octanol–water partition coefficient (Wildman–Crippen LogP) is 5.81. The second kappa shape index (κ2) is 8.09. The van der Waals surface area contributed by atoms with Crippen molar-refractivity contribution in [3.8, 4) is 5.75 Å². The van der Waals surface area contributed by atoms with Gasteiger partial charge in [-0.05, 0) is 49.6 Å². The molecule has 0 saturated carbocycles. The van der Waals surface area contributed by atoms with Crippen LogP contribution in [-0.4, -0.2) is 9.55 Å². The molecule has 1 atom stereocenters. The summed E-state index contributed by atoms with van der Waals surface area (Å²) in [6.07, 6.45) is 2.01. The van der Waals surface area contributed by atoms with E-state index in [-0.39, 0.29) is 6.10 Å². The average molecular weight is 356 g/mol. The Hall–Kier alpha value is -3.07. The van der Waals surface area contributed by atoms with Gasteiger partial charge in [0.2, 0.25) is 0 Å². The van der Waals surface area contributed by atoms with Crippen molar-refractivity contribution in [3.05, 3.63) is 96.3 Å². The molecule has 0 aliphatic heterocycles. The quantitative estimate of drug-likeness (QED) is 0.418. The molecule has 3 nitrogen and oxygen atoms in total. The van der Waals surface area contributed by atoms with Crippen LogP contribution in [0.3, 0.4) is 0 Å². The summed E-state index contributed by atoms with van der Waals surface area (Å²) in [6, 6.07) is 28.9. The van der Waals surface area contributed by atoms with Crippen LogP contribution in [0.4, 0.5) is 0 Å². The van der Waals surface area contributed by atoms with Crippen molar-refractivity contribution in [2.24, 2.45) is 0 Å². The van der Waals surface area contributed by atoms with Gasteiger partial charge < -0.3 is 9.30 Å². The second-order valence-electron chi connectivity index (χ2n) is 6.77. The number of nitrogens with zero attached hydrogens (tertiary/aromatic N) is 2. The largest absolute Gasteiger partial charge is 0.483 e. The van der Waals surface area contributed by atoms with Gasteiger partial charge in [0.15, 0.2) is 11.9 Å². The summed E-state index contributed by atoms with van der Waals surface area (Å²) in [5.74, 6) is 1.85. The summed E-state index contributed by atoms with van der Waals surface area (Å²) < 4.78 is 8.46. The Kier molecular flexibility index (Phi) is 5.20. The van der Waals surface area contributed by atoms with E-state index in [1.165, 1.54) is 11.1 Å². The summed E-state index contributed by atoms with van der Waals surface area (Å²) in [5, 5.41) is 0. The van der Waals surface area contributed by atoms with Crippen LogP contribution in [0.15, 0.2) is 84.9 Å². The van der Waals surface area contributed by atoms with Crippen molar-refractivity contribution in [1.82, 2.24) is 9.55 Å². The van der Waals surface area contributed by atoms with E-state index in [0.717, 1.165) is 36.5 Å². The average Bonchev–Trinajstić information content (AvgIpc) is 3.09. The molecule has 3 aromatic carbocycles. The molecule has 4 rings (SSSR count). The number of rotatable bonds is 7. The third kappa shape index (κ3) is 4.03. The number of fused-ring (bicyclic) bond motifs is 1. The molecule has 3 heteroatoms. The lowest BCUT2D eigenvalue weighted by molar-refractivity contribution is 0.211. The van der Waals surface area contributed by atoms with Gasteiger partial charge in [-0.25, -0.2) is 4.98 Å². The minimum atomic E-state index is -0.114. The number of aryl methyl sites for hydroxylation is 2. The zero-order chi connectivity index (χ0) is 18.5. The molecule has 0 aliphatic rings. The maximum atomic E-state index is 6.15. The smallest absolute Gasteiger partial charge is 0.153 e. The molecule has 0 spiro atoms. The maximum Gasteiger partial charge on any atom is 0.153 e. The number of ether oxygens (including phenoxy) is 1. The first kappa shape index (κ1) is 17.3. The molecule has 1 aromatic heterocycles. The first-order valence-corrected chi connectivity index (χ1v) is 9.52. The van der Waals surface area contributed by atoms with E-state index >= 15 is 0 Å². The van der Waals surface area contributed by atoms with E-state index in [1.807, 2.05) is 36.4 Å². The Balaban J connectivity index is 1.57. The molecule has 0 fully saturated rings. The molecule has 27 heavy (non-hydrogen) atoms. The number of aromatic nitrogens is 2. The van der Waals surface area contributed by atoms with Crippen LogP contribution in [0, 0.1) is 0 Å². The Morgan fingerprint density at radius 1 is 0.852 bits per heavy atom. The molecule has 0 bridgehead atoms. The van der Waals surface area contributed by atoms with E-state index in [1.54, 1.807) is 0 Å². The lowest BCUT2D eigenvalue weighted by Gasteiger charge is -2.17. The van der Waals surface area contributed by atoms with E-state index in [9.17, 15) is 0 Å². The third-order valence-electron chi connectivity index (χ3n) is 4.79. The zero-order valence-electron chi connectivity index (χ0n) is 15.6. The van der Waals surface area contributed by atoms with E-state index in [0.29, 0.717) is 0 Å². The van der Waals surface area contributed by atoms with Crippen LogP contribution < -0.4 is 4.74 Å². The van der Waals surface area contributed by atoms with Gasteiger partial charge in [-0.15, -0.1) is 0 Å². The minimum absolute atomic E-state index is 0.114. The molecule has 1 unspecified atom stereocenters. The van der Waals surface area contributed by atoms with Crippen LogP contribution in [0.1, 0.15) is 30.8 Å². The Labute approximate surface area is 160 Å². The fourth-order valence-corrected chi connectivity index (χ4v) is 3.48. The number of para-hydroxylation sites is 3.